The lowest BCUT2D eigenvalue weighted by Gasteiger charge is -2.44. The molecule has 1 saturated heterocycles. The van der Waals surface area contributed by atoms with Gasteiger partial charge in [0.25, 0.3) is 0 Å². The Bertz CT molecular complexity index is 1560. The fraction of sp³-hybridized carbons (Fsp3) is 0.467. The summed E-state index contributed by atoms with van der Waals surface area (Å²) in [6, 6.07) is 9.80. The fourth-order valence-corrected chi connectivity index (χ4v) is 6.21. The molecular weight excluding hydrogens is 572 g/mol. The van der Waals surface area contributed by atoms with Gasteiger partial charge in [-0.2, -0.15) is 5.10 Å². The molecule has 4 aromatic rings. The van der Waals surface area contributed by atoms with Crippen molar-refractivity contribution in [3.8, 4) is 17.0 Å². The standard InChI is InChI=1S/C30H39ClN8O2S/c1-19(38-42(40)29(2,3)4)30(5)12-15-39(16-13-30)23-18-33-26-25(36-37-28(26)35-23)22-11-14-32-27(24(22)31)34-17-20-7-9-21(41-6)10-8-20/h7-11,14,18-19,38H,12-13,15-17H2,1-6H3,(H,32,34)(H,35,36,37). The Hall–Kier alpha value is -3.28. The Morgan fingerprint density at radius 2 is 1.88 bits per heavy atom. The molecule has 0 amide bonds. The maximum absolute atomic E-state index is 12.7. The van der Waals surface area contributed by atoms with E-state index in [1.54, 1.807) is 19.5 Å². The summed E-state index contributed by atoms with van der Waals surface area (Å²) < 4.78 is 20.9. The number of halogens is 1. The van der Waals surface area contributed by atoms with Crippen molar-refractivity contribution in [3.05, 3.63) is 53.3 Å². The molecule has 5 rings (SSSR count). The monoisotopic (exact) mass is 610 g/mol. The largest absolute Gasteiger partial charge is 0.497 e. The highest BCUT2D eigenvalue weighted by atomic mass is 35.5. The van der Waals surface area contributed by atoms with E-state index < -0.39 is 11.0 Å². The van der Waals surface area contributed by atoms with Gasteiger partial charge in [-0.25, -0.2) is 23.9 Å². The van der Waals surface area contributed by atoms with E-state index in [0.29, 0.717) is 34.2 Å². The lowest BCUT2D eigenvalue weighted by molar-refractivity contribution is 0.194. The summed E-state index contributed by atoms with van der Waals surface area (Å²) in [7, 11) is 0.545. The zero-order valence-corrected chi connectivity index (χ0v) is 26.6. The van der Waals surface area contributed by atoms with Crippen LogP contribution in [-0.2, 0) is 17.5 Å². The Balaban J connectivity index is 1.28. The predicted molar refractivity (Wildman–Crippen MR) is 170 cm³/mol. The van der Waals surface area contributed by atoms with Gasteiger partial charge in [0.05, 0.1) is 39.8 Å². The minimum absolute atomic E-state index is 0.0334. The zero-order valence-electron chi connectivity index (χ0n) is 25.0. The number of anilines is 2. The summed E-state index contributed by atoms with van der Waals surface area (Å²) in [5.74, 6) is 2.18. The molecule has 4 heterocycles. The number of rotatable bonds is 9. The number of methoxy groups -OCH3 is 1. The number of aromatic amines is 1. The molecule has 1 aromatic carbocycles. The van der Waals surface area contributed by atoms with Gasteiger partial charge in [-0.3, -0.25) is 5.10 Å². The molecule has 0 radical (unpaired) electrons. The number of nitrogens with zero attached hydrogens (tertiary/aromatic N) is 5. The van der Waals surface area contributed by atoms with Crippen LogP contribution < -0.4 is 19.7 Å². The summed E-state index contributed by atoms with van der Waals surface area (Å²) in [5.41, 5.74) is 3.74. The highest BCUT2D eigenvalue weighted by Crippen LogP contribution is 2.38. The van der Waals surface area contributed by atoms with Crippen LogP contribution in [0.1, 0.15) is 53.0 Å². The van der Waals surface area contributed by atoms with Crippen LogP contribution in [0, 0.1) is 5.41 Å². The molecule has 1 aliphatic rings. The van der Waals surface area contributed by atoms with Crippen LogP contribution in [-0.4, -0.2) is 60.3 Å². The van der Waals surface area contributed by atoms with Crippen molar-refractivity contribution < 1.29 is 8.95 Å². The lowest BCUT2D eigenvalue weighted by atomic mass is 9.75. The number of hydrogen-bond acceptors (Lipinski definition) is 8. The molecular formula is C30H39ClN8O2S. The SMILES string of the molecule is COc1ccc(CNc2nccc(-c3[nH]nc4nc(N5CCC(C)(C(C)NS(=O)C(C)(C)C)CC5)cnc34)c2Cl)cc1. The molecule has 2 atom stereocenters. The van der Waals surface area contributed by atoms with Gasteiger partial charge in [-0.05, 0) is 69.7 Å². The number of H-pyrrole nitrogens is 1. The van der Waals surface area contributed by atoms with E-state index in [2.05, 4.69) is 44.0 Å². The second-order valence-corrected chi connectivity index (χ2v) is 14.5. The summed E-state index contributed by atoms with van der Waals surface area (Å²) in [6.45, 7) is 12.6. The van der Waals surface area contributed by atoms with Crippen molar-refractivity contribution in [2.45, 2.75) is 64.8 Å². The minimum Gasteiger partial charge on any atom is -0.497 e. The number of nitrogens with one attached hydrogen (secondary N) is 3. The average Bonchev–Trinajstić information content (AvgIpc) is 3.40. The summed E-state index contributed by atoms with van der Waals surface area (Å²) in [4.78, 5) is 16.3. The number of fused-ring (bicyclic) bond motifs is 1. The highest BCUT2D eigenvalue weighted by molar-refractivity contribution is 7.84. The highest BCUT2D eigenvalue weighted by Gasteiger charge is 2.37. The third-order valence-corrected chi connectivity index (χ3v) is 10.2. The van der Waals surface area contributed by atoms with E-state index in [-0.39, 0.29) is 16.2 Å². The molecule has 224 valence electrons. The lowest BCUT2D eigenvalue weighted by Crippen LogP contribution is -2.51. The first-order valence-corrected chi connectivity index (χ1v) is 15.7. The van der Waals surface area contributed by atoms with Crippen LogP contribution in [0.25, 0.3) is 22.4 Å². The Kier molecular flexibility index (Phi) is 8.73. The third-order valence-electron chi connectivity index (χ3n) is 8.14. The van der Waals surface area contributed by atoms with Crippen LogP contribution >= 0.6 is 11.6 Å². The first kappa shape index (κ1) is 30.2. The second kappa shape index (κ2) is 12.1. The normalized spacial score (nSPS) is 16.8. The van der Waals surface area contributed by atoms with Gasteiger partial charge in [0, 0.05) is 37.4 Å². The number of aromatic nitrogens is 5. The summed E-state index contributed by atoms with van der Waals surface area (Å²) in [5, 5.41) is 11.4. The topological polar surface area (TPSA) is 121 Å². The van der Waals surface area contributed by atoms with Gasteiger partial charge in [-0.15, -0.1) is 0 Å². The first-order chi connectivity index (χ1) is 20.0. The molecule has 0 aliphatic carbocycles. The maximum atomic E-state index is 12.7. The van der Waals surface area contributed by atoms with Gasteiger partial charge in [0.1, 0.15) is 22.9 Å². The number of hydrogen-bond donors (Lipinski definition) is 3. The van der Waals surface area contributed by atoms with Crippen molar-refractivity contribution in [1.29, 1.82) is 0 Å². The van der Waals surface area contributed by atoms with E-state index >= 15 is 0 Å². The maximum Gasteiger partial charge on any atom is 0.202 e. The van der Waals surface area contributed by atoms with E-state index in [0.717, 1.165) is 48.6 Å². The smallest absolute Gasteiger partial charge is 0.202 e. The van der Waals surface area contributed by atoms with E-state index in [1.165, 1.54) is 0 Å². The number of pyridine rings is 1. The van der Waals surface area contributed by atoms with Gasteiger partial charge < -0.3 is 15.0 Å². The van der Waals surface area contributed by atoms with Crippen molar-refractivity contribution in [1.82, 2.24) is 29.9 Å². The average molecular weight is 611 g/mol. The Morgan fingerprint density at radius 3 is 2.55 bits per heavy atom. The first-order valence-electron chi connectivity index (χ1n) is 14.1. The molecule has 1 aliphatic heterocycles. The third kappa shape index (κ3) is 6.38. The molecule has 3 aromatic heterocycles. The summed E-state index contributed by atoms with van der Waals surface area (Å²) >= 11 is 6.80. The molecule has 0 bridgehead atoms. The van der Waals surface area contributed by atoms with Crippen molar-refractivity contribution >= 4 is 45.4 Å². The van der Waals surface area contributed by atoms with Crippen LogP contribution in [0.15, 0.2) is 42.7 Å². The molecule has 12 heteroatoms. The van der Waals surface area contributed by atoms with Crippen LogP contribution in [0.3, 0.4) is 0 Å². The van der Waals surface area contributed by atoms with E-state index in [9.17, 15) is 4.21 Å². The molecule has 42 heavy (non-hydrogen) atoms. The molecule has 3 N–H and O–H groups in total. The second-order valence-electron chi connectivity index (χ2n) is 12.1. The zero-order chi connectivity index (χ0) is 30.1. The minimum atomic E-state index is -1.10. The van der Waals surface area contributed by atoms with Crippen molar-refractivity contribution in [2.75, 3.05) is 30.4 Å². The fourth-order valence-electron chi connectivity index (χ4n) is 4.98. The predicted octanol–water partition coefficient (Wildman–Crippen LogP) is 5.74. The quantitative estimate of drug-likeness (QED) is 0.219. The van der Waals surface area contributed by atoms with Crippen LogP contribution in [0.2, 0.25) is 5.02 Å². The molecule has 2 unspecified atom stereocenters. The Morgan fingerprint density at radius 1 is 1.17 bits per heavy atom. The number of benzene rings is 1. The Labute approximate surface area is 254 Å². The molecule has 10 nitrogen and oxygen atoms in total. The molecule has 0 saturated carbocycles. The van der Waals surface area contributed by atoms with Crippen LogP contribution in [0.5, 0.6) is 5.75 Å². The molecule has 1 fully saturated rings. The molecule has 0 spiro atoms. The van der Waals surface area contributed by atoms with Gasteiger partial charge >= 0.3 is 0 Å². The van der Waals surface area contributed by atoms with Crippen molar-refractivity contribution in [3.63, 3.8) is 0 Å². The number of piperidine rings is 1. The summed E-state index contributed by atoms with van der Waals surface area (Å²) in [6.07, 6.45) is 5.42. The van der Waals surface area contributed by atoms with E-state index in [4.69, 9.17) is 26.3 Å². The van der Waals surface area contributed by atoms with Gasteiger partial charge in [-0.1, -0.05) is 30.7 Å². The number of ether oxygens (including phenoxy) is 1. The van der Waals surface area contributed by atoms with Gasteiger partial charge in [0.15, 0.2) is 0 Å². The van der Waals surface area contributed by atoms with Crippen molar-refractivity contribution in [2.24, 2.45) is 5.41 Å². The van der Waals surface area contributed by atoms with Crippen LogP contribution in [0.4, 0.5) is 11.6 Å². The van der Waals surface area contributed by atoms with Gasteiger partial charge in [0.2, 0.25) is 5.65 Å². The van der Waals surface area contributed by atoms with E-state index in [1.807, 2.05) is 51.1 Å².